The number of amides is 3. The van der Waals surface area contributed by atoms with Crippen molar-refractivity contribution in [3.8, 4) is 0 Å². The molecule has 5 rings (SSSR count). The average molecular weight is 556 g/mol. The van der Waals surface area contributed by atoms with Crippen molar-refractivity contribution in [1.82, 2.24) is 9.88 Å². The normalized spacial score (nSPS) is 16.6. The van der Waals surface area contributed by atoms with Gasteiger partial charge in [-0.1, -0.05) is 6.07 Å². The van der Waals surface area contributed by atoms with Crippen molar-refractivity contribution in [2.45, 2.75) is 19.3 Å². The van der Waals surface area contributed by atoms with Crippen molar-refractivity contribution in [2.75, 3.05) is 54.2 Å². The molecule has 210 valence electrons. The first-order valence-electron chi connectivity index (χ1n) is 12.6. The van der Waals surface area contributed by atoms with Gasteiger partial charge >= 0.3 is 12.2 Å². The van der Waals surface area contributed by atoms with Crippen LogP contribution in [0.3, 0.4) is 0 Å². The largest absolute Gasteiger partial charge is 0.418 e. The van der Waals surface area contributed by atoms with Gasteiger partial charge in [0.25, 0.3) is 5.91 Å². The number of alkyl halides is 3. The Balaban J connectivity index is 1.31. The molecule has 0 bridgehead atoms. The van der Waals surface area contributed by atoms with E-state index in [1.54, 1.807) is 43.3 Å². The molecule has 3 aromatic rings. The molecule has 1 atom stereocenters. The standard InChI is InChI=1S/C27H28F3N7O3/c1-16-3-5-18(14-21(16)35-26(39)36(2)24-19-7-8-31-23(19)32-15-33-24)34-25(38)17-4-6-22(20(13-17)27(28,29)30)37-9-11-40-12-10-37/h3-8,13-15,24,31H,9-12H2,1-2H3,(H,32,33)(H,34,38)(H,35,39). The Kier molecular flexibility index (Phi) is 7.39. The Morgan fingerprint density at radius 3 is 2.62 bits per heavy atom. The van der Waals surface area contributed by atoms with Crippen LogP contribution in [-0.2, 0) is 10.9 Å². The molecule has 10 nitrogen and oxygen atoms in total. The van der Waals surface area contributed by atoms with Crippen LogP contribution in [0.25, 0.3) is 0 Å². The van der Waals surface area contributed by atoms with Crippen molar-refractivity contribution in [1.29, 1.82) is 0 Å². The summed E-state index contributed by atoms with van der Waals surface area (Å²) in [5.74, 6) is 0.0357. The molecule has 2 aliphatic heterocycles. The summed E-state index contributed by atoms with van der Waals surface area (Å²) in [5.41, 5.74) is 1.27. The molecule has 1 saturated heterocycles. The topological polar surface area (TPSA) is 114 Å². The average Bonchev–Trinajstić information content (AvgIpc) is 3.43. The summed E-state index contributed by atoms with van der Waals surface area (Å²) in [7, 11) is 1.61. The summed E-state index contributed by atoms with van der Waals surface area (Å²) in [5, 5.41) is 8.44. The number of hydrogen-bond donors (Lipinski definition) is 4. The summed E-state index contributed by atoms with van der Waals surface area (Å²) < 4.78 is 47.0. The highest BCUT2D eigenvalue weighted by molar-refractivity contribution is 6.05. The molecule has 3 heterocycles. The quantitative estimate of drug-likeness (QED) is 0.352. The molecule has 0 saturated carbocycles. The lowest BCUT2D eigenvalue weighted by atomic mass is 10.1. The molecule has 3 amide bonds. The van der Waals surface area contributed by atoms with Crippen LogP contribution in [0.1, 0.15) is 33.2 Å². The van der Waals surface area contributed by atoms with E-state index in [4.69, 9.17) is 4.74 Å². The highest BCUT2D eigenvalue weighted by Gasteiger charge is 2.36. The molecule has 1 aromatic heterocycles. The SMILES string of the molecule is Cc1ccc(NC(=O)c2ccc(N3CCOCC3)c(C(F)(F)F)c2)cc1NC(=O)N(C)C1N=CNc2[nH]ccc21. The lowest BCUT2D eigenvalue weighted by Crippen LogP contribution is -2.37. The van der Waals surface area contributed by atoms with Crippen LogP contribution in [0.15, 0.2) is 53.7 Å². The van der Waals surface area contributed by atoms with Crippen LogP contribution in [0, 0.1) is 6.92 Å². The summed E-state index contributed by atoms with van der Waals surface area (Å²) in [4.78, 5) is 36.4. The summed E-state index contributed by atoms with van der Waals surface area (Å²) in [6, 6.07) is 9.81. The zero-order valence-electron chi connectivity index (χ0n) is 21.8. The Bertz CT molecular complexity index is 1450. The Morgan fingerprint density at radius 1 is 1.10 bits per heavy atom. The predicted molar refractivity (Wildman–Crippen MR) is 146 cm³/mol. The minimum absolute atomic E-state index is 0.0154. The summed E-state index contributed by atoms with van der Waals surface area (Å²) >= 11 is 0. The number of aliphatic imine (C=N–C) groups is 1. The molecule has 0 radical (unpaired) electrons. The highest BCUT2D eigenvalue weighted by atomic mass is 19.4. The van der Waals surface area contributed by atoms with Gasteiger partial charge in [0, 0.05) is 54.5 Å². The molecular formula is C27H28F3N7O3. The second kappa shape index (κ2) is 10.9. The number of rotatable bonds is 5. The number of aromatic nitrogens is 1. The molecule has 0 aliphatic carbocycles. The minimum Gasteiger partial charge on any atom is -0.378 e. The maximum atomic E-state index is 13.9. The van der Waals surface area contributed by atoms with Crippen molar-refractivity contribution in [3.05, 3.63) is 70.9 Å². The third-order valence-corrected chi connectivity index (χ3v) is 6.82. The van der Waals surface area contributed by atoms with E-state index < -0.39 is 29.8 Å². The molecular weight excluding hydrogens is 527 g/mol. The van der Waals surface area contributed by atoms with Gasteiger partial charge < -0.3 is 35.5 Å². The molecule has 0 spiro atoms. The van der Waals surface area contributed by atoms with E-state index in [0.717, 1.165) is 23.0 Å². The number of nitrogens with one attached hydrogen (secondary N) is 4. The van der Waals surface area contributed by atoms with E-state index in [9.17, 15) is 22.8 Å². The maximum Gasteiger partial charge on any atom is 0.418 e. The predicted octanol–water partition coefficient (Wildman–Crippen LogP) is 5.05. The van der Waals surface area contributed by atoms with E-state index in [0.29, 0.717) is 37.7 Å². The van der Waals surface area contributed by atoms with E-state index in [1.807, 2.05) is 6.07 Å². The number of morpholine rings is 1. The van der Waals surface area contributed by atoms with E-state index in [2.05, 4.69) is 25.9 Å². The number of anilines is 4. The van der Waals surface area contributed by atoms with Crippen LogP contribution in [0.5, 0.6) is 0 Å². The number of nitrogens with zero attached hydrogens (tertiary/aromatic N) is 3. The fourth-order valence-corrected chi connectivity index (χ4v) is 4.62. The molecule has 40 heavy (non-hydrogen) atoms. The number of aromatic amines is 1. The third-order valence-electron chi connectivity index (χ3n) is 6.82. The van der Waals surface area contributed by atoms with Gasteiger partial charge in [-0.3, -0.25) is 4.79 Å². The number of H-pyrrole nitrogens is 1. The van der Waals surface area contributed by atoms with E-state index >= 15 is 0 Å². The Labute approximate surface area is 228 Å². The zero-order valence-corrected chi connectivity index (χ0v) is 21.8. The molecule has 2 aromatic carbocycles. The number of hydrogen-bond acceptors (Lipinski definition) is 6. The summed E-state index contributed by atoms with van der Waals surface area (Å²) in [6.07, 6.45) is -1.94. The number of benzene rings is 2. The van der Waals surface area contributed by atoms with E-state index in [1.165, 1.54) is 23.4 Å². The first-order valence-corrected chi connectivity index (χ1v) is 12.6. The fourth-order valence-electron chi connectivity index (χ4n) is 4.62. The van der Waals surface area contributed by atoms with Crippen LogP contribution in [0.2, 0.25) is 0 Å². The first-order chi connectivity index (χ1) is 19.1. The van der Waals surface area contributed by atoms with Crippen LogP contribution in [-0.4, -0.2) is 61.5 Å². The van der Waals surface area contributed by atoms with Crippen LogP contribution < -0.4 is 20.9 Å². The number of carbonyl (C=O) groups is 2. The van der Waals surface area contributed by atoms with Gasteiger partial charge in [-0.15, -0.1) is 0 Å². The van der Waals surface area contributed by atoms with Crippen molar-refractivity contribution < 1.29 is 27.5 Å². The lowest BCUT2D eigenvalue weighted by Gasteiger charge is -2.31. The lowest BCUT2D eigenvalue weighted by molar-refractivity contribution is -0.137. The number of urea groups is 1. The fraction of sp³-hybridized carbons (Fsp3) is 0.296. The van der Waals surface area contributed by atoms with Crippen LogP contribution in [0.4, 0.5) is 40.8 Å². The van der Waals surface area contributed by atoms with Gasteiger partial charge in [0.1, 0.15) is 5.82 Å². The molecule has 13 heteroatoms. The van der Waals surface area contributed by atoms with Gasteiger partial charge in [-0.25, -0.2) is 9.79 Å². The maximum absolute atomic E-state index is 13.9. The van der Waals surface area contributed by atoms with Crippen LogP contribution >= 0.6 is 0 Å². The Morgan fingerprint density at radius 2 is 1.88 bits per heavy atom. The summed E-state index contributed by atoms with van der Waals surface area (Å²) in [6.45, 7) is 3.11. The van der Waals surface area contributed by atoms with Gasteiger partial charge in [0.05, 0.1) is 25.1 Å². The monoisotopic (exact) mass is 555 g/mol. The number of halogens is 3. The van der Waals surface area contributed by atoms with Gasteiger partial charge in [-0.05, 0) is 48.9 Å². The Hall–Kier alpha value is -4.52. The van der Waals surface area contributed by atoms with Gasteiger partial charge in [-0.2, -0.15) is 13.2 Å². The zero-order chi connectivity index (χ0) is 28.4. The number of ether oxygens (including phenoxy) is 1. The second-order valence-electron chi connectivity index (χ2n) is 9.46. The molecule has 4 N–H and O–H groups in total. The smallest absolute Gasteiger partial charge is 0.378 e. The molecule has 1 unspecified atom stereocenters. The van der Waals surface area contributed by atoms with Gasteiger partial charge in [0.15, 0.2) is 6.17 Å². The van der Waals surface area contributed by atoms with Gasteiger partial charge in [0.2, 0.25) is 0 Å². The minimum atomic E-state index is -4.64. The van der Waals surface area contributed by atoms with Crippen molar-refractivity contribution >= 4 is 41.2 Å². The first kappa shape index (κ1) is 27.1. The van der Waals surface area contributed by atoms with E-state index in [-0.39, 0.29) is 11.3 Å². The number of aryl methyl sites for hydroxylation is 1. The highest BCUT2D eigenvalue weighted by Crippen LogP contribution is 2.38. The second-order valence-corrected chi connectivity index (χ2v) is 9.46. The number of fused-ring (bicyclic) bond motifs is 1. The van der Waals surface area contributed by atoms with Crippen molar-refractivity contribution in [3.63, 3.8) is 0 Å². The molecule has 2 aliphatic rings. The third kappa shape index (κ3) is 5.59. The van der Waals surface area contributed by atoms with Crippen molar-refractivity contribution in [2.24, 2.45) is 4.99 Å². The number of carbonyl (C=O) groups excluding carboxylic acids is 2. The molecule has 1 fully saturated rings.